The predicted molar refractivity (Wildman–Crippen MR) is 129 cm³/mol. The van der Waals surface area contributed by atoms with Crippen LogP contribution in [0.2, 0.25) is 0 Å². The second kappa shape index (κ2) is 8.98. The third-order valence-electron chi connectivity index (χ3n) is 5.97. The van der Waals surface area contributed by atoms with Gasteiger partial charge in [0.25, 0.3) is 0 Å². The Labute approximate surface area is 211 Å². The fourth-order valence-corrected chi connectivity index (χ4v) is 5.30. The first-order valence-corrected chi connectivity index (χ1v) is 13.1. The number of hydrogen-bond acceptors (Lipinski definition) is 4. The number of sulfonamides is 1. The van der Waals surface area contributed by atoms with Gasteiger partial charge in [0.1, 0.15) is 5.82 Å². The number of thioether (sulfide) groups is 1. The number of aromatic amines is 1. The molecule has 1 fully saturated rings. The first-order chi connectivity index (χ1) is 17.3. The standard InChI is InChI=1S/C24H17F6N3O2S2/c25-23(26,27)36-15-8-5-13(6-9-15)17-12-18(17)22-31-20-10-7-14(11-21(20)32-22)16-3-1-2-4-19(16)33-37(34,35)24(28,29)30/h1-11,17-18,33H,12H2,(H,31,32). The van der Waals surface area contributed by atoms with Crippen molar-refractivity contribution in [3.05, 3.63) is 78.1 Å². The first kappa shape index (κ1) is 25.5. The smallest absolute Gasteiger partial charge is 0.342 e. The summed E-state index contributed by atoms with van der Waals surface area (Å²) in [6.45, 7) is 0. The van der Waals surface area contributed by atoms with Gasteiger partial charge in [-0.25, -0.2) is 4.98 Å². The molecule has 13 heteroatoms. The van der Waals surface area contributed by atoms with E-state index in [1.807, 2.05) is 0 Å². The van der Waals surface area contributed by atoms with Crippen LogP contribution in [0.3, 0.4) is 0 Å². The number of alkyl halides is 6. The number of imidazole rings is 1. The Kier molecular flexibility index (Phi) is 6.18. The molecule has 0 saturated heterocycles. The lowest BCUT2D eigenvalue weighted by Gasteiger charge is -2.14. The topological polar surface area (TPSA) is 74.8 Å². The van der Waals surface area contributed by atoms with Gasteiger partial charge in [-0.1, -0.05) is 36.4 Å². The third-order valence-corrected chi connectivity index (χ3v) is 7.81. The number of halogens is 6. The minimum Gasteiger partial charge on any atom is -0.342 e. The van der Waals surface area contributed by atoms with E-state index in [-0.39, 0.29) is 39.7 Å². The summed E-state index contributed by atoms with van der Waals surface area (Å²) in [5.74, 6) is 0.835. The first-order valence-electron chi connectivity index (χ1n) is 10.8. The van der Waals surface area contributed by atoms with Gasteiger partial charge in [0.2, 0.25) is 0 Å². The number of H-pyrrole nitrogens is 1. The normalized spacial score (nSPS) is 18.2. The molecule has 1 saturated carbocycles. The maximum atomic E-state index is 12.9. The lowest BCUT2D eigenvalue weighted by atomic mass is 10.0. The summed E-state index contributed by atoms with van der Waals surface area (Å²) in [4.78, 5) is 7.93. The SMILES string of the molecule is O=S(=O)(Nc1ccccc1-c1ccc2nc(C3CC3c3ccc(SC(F)(F)F)cc3)[nH]c2c1)C(F)(F)F. The van der Waals surface area contributed by atoms with E-state index in [9.17, 15) is 34.8 Å². The summed E-state index contributed by atoms with van der Waals surface area (Å²) in [5, 5.41) is 0. The maximum absolute atomic E-state index is 12.9. The van der Waals surface area contributed by atoms with Crippen LogP contribution in [0, 0.1) is 0 Å². The van der Waals surface area contributed by atoms with Crippen molar-refractivity contribution in [2.45, 2.75) is 34.2 Å². The van der Waals surface area contributed by atoms with Crippen LogP contribution in [0.15, 0.2) is 71.6 Å². The second-order valence-electron chi connectivity index (χ2n) is 8.52. The lowest BCUT2D eigenvalue weighted by molar-refractivity contribution is -0.0429. The van der Waals surface area contributed by atoms with E-state index in [0.717, 1.165) is 12.0 Å². The number of anilines is 1. The van der Waals surface area contributed by atoms with Gasteiger partial charge in [0.15, 0.2) is 0 Å². The Morgan fingerprint density at radius 3 is 2.30 bits per heavy atom. The highest BCUT2D eigenvalue weighted by Crippen LogP contribution is 2.54. The average molecular weight is 558 g/mol. The molecule has 0 radical (unpaired) electrons. The zero-order chi connectivity index (χ0) is 26.6. The van der Waals surface area contributed by atoms with E-state index < -0.39 is 21.0 Å². The highest BCUT2D eigenvalue weighted by atomic mass is 32.2. The van der Waals surface area contributed by atoms with Gasteiger partial charge in [0, 0.05) is 16.4 Å². The number of rotatable bonds is 6. The molecule has 2 N–H and O–H groups in total. The molecular weight excluding hydrogens is 540 g/mol. The van der Waals surface area contributed by atoms with Gasteiger partial charge < -0.3 is 4.98 Å². The Morgan fingerprint density at radius 1 is 0.919 bits per heavy atom. The Balaban J connectivity index is 1.37. The summed E-state index contributed by atoms with van der Waals surface area (Å²) in [7, 11) is -5.59. The van der Waals surface area contributed by atoms with Gasteiger partial charge in [-0.3, -0.25) is 4.72 Å². The van der Waals surface area contributed by atoms with Gasteiger partial charge in [0.05, 0.1) is 16.7 Å². The molecule has 4 aromatic rings. The molecule has 37 heavy (non-hydrogen) atoms. The fourth-order valence-electron chi connectivity index (χ4n) is 4.18. The minimum atomic E-state index is -5.59. The van der Waals surface area contributed by atoms with Crippen LogP contribution < -0.4 is 4.72 Å². The zero-order valence-electron chi connectivity index (χ0n) is 18.6. The number of nitrogens with one attached hydrogen (secondary N) is 2. The van der Waals surface area contributed by atoms with E-state index in [0.29, 0.717) is 22.4 Å². The fraction of sp³-hybridized carbons (Fsp3) is 0.208. The largest absolute Gasteiger partial charge is 0.516 e. The predicted octanol–water partition coefficient (Wildman–Crippen LogP) is 7.37. The Hall–Kier alpha value is -3.19. The monoisotopic (exact) mass is 557 g/mol. The van der Waals surface area contributed by atoms with E-state index in [1.165, 1.54) is 30.3 Å². The molecule has 5 rings (SSSR count). The summed E-state index contributed by atoms with van der Waals surface area (Å²) in [5.41, 5.74) is -7.14. The van der Waals surface area contributed by atoms with Crippen molar-refractivity contribution in [1.29, 1.82) is 0 Å². The number of aromatic nitrogens is 2. The number of nitrogens with zero attached hydrogens (tertiary/aromatic N) is 1. The number of hydrogen-bond donors (Lipinski definition) is 2. The molecule has 0 aliphatic heterocycles. The van der Waals surface area contributed by atoms with Crippen LogP contribution in [0.1, 0.15) is 29.6 Å². The molecule has 1 aliphatic carbocycles. The van der Waals surface area contributed by atoms with E-state index in [4.69, 9.17) is 0 Å². The van der Waals surface area contributed by atoms with Crippen LogP contribution in [0.4, 0.5) is 32.0 Å². The third kappa shape index (κ3) is 5.42. The molecule has 0 bridgehead atoms. The van der Waals surface area contributed by atoms with Crippen molar-refractivity contribution in [2.24, 2.45) is 0 Å². The van der Waals surface area contributed by atoms with Crippen LogP contribution in [0.25, 0.3) is 22.2 Å². The molecule has 1 aliphatic rings. The number of para-hydroxylation sites is 1. The van der Waals surface area contributed by atoms with Gasteiger partial charge in [-0.2, -0.15) is 34.8 Å². The van der Waals surface area contributed by atoms with Gasteiger partial charge in [-0.15, -0.1) is 0 Å². The molecule has 0 spiro atoms. The molecular formula is C24H17F6N3O2S2. The van der Waals surface area contributed by atoms with Crippen LogP contribution in [-0.4, -0.2) is 29.4 Å². The molecule has 0 amide bonds. The quantitative estimate of drug-likeness (QED) is 0.192. The van der Waals surface area contributed by atoms with Crippen molar-refractivity contribution >= 4 is 38.5 Å². The van der Waals surface area contributed by atoms with Crippen molar-refractivity contribution < 1.29 is 34.8 Å². The van der Waals surface area contributed by atoms with Crippen LogP contribution in [0.5, 0.6) is 0 Å². The highest BCUT2D eigenvalue weighted by molar-refractivity contribution is 8.00. The van der Waals surface area contributed by atoms with Crippen LogP contribution >= 0.6 is 11.8 Å². The average Bonchev–Trinajstić information content (AvgIpc) is 3.49. The summed E-state index contributed by atoms with van der Waals surface area (Å²) in [6.07, 6.45) is 0.764. The Bertz CT molecular complexity index is 1560. The molecule has 2 atom stereocenters. The van der Waals surface area contributed by atoms with Crippen LogP contribution in [-0.2, 0) is 10.0 Å². The Morgan fingerprint density at radius 2 is 1.62 bits per heavy atom. The molecule has 1 aromatic heterocycles. The number of fused-ring (bicyclic) bond motifs is 1. The van der Waals surface area contributed by atoms with Crippen molar-refractivity contribution in [2.75, 3.05) is 4.72 Å². The summed E-state index contributed by atoms with van der Waals surface area (Å²) >= 11 is -0.166. The zero-order valence-corrected chi connectivity index (χ0v) is 20.2. The molecule has 3 aromatic carbocycles. The van der Waals surface area contributed by atoms with Gasteiger partial charge >= 0.3 is 21.0 Å². The van der Waals surface area contributed by atoms with E-state index >= 15 is 0 Å². The maximum Gasteiger partial charge on any atom is 0.516 e. The van der Waals surface area contributed by atoms with Crippen molar-refractivity contribution in [3.63, 3.8) is 0 Å². The lowest BCUT2D eigenvalue weighted by Crippen LogP contribution is -2.30. The molecule has 2 unspecified atom stereocenters. The molecule has 1 heterocycles. The molecule has 5 nitrogen and oxygen atoms in total. The van der Waals surface area contributed by atoms with Crippen molar-refractivity contribution in [1.82, 2.24) is 9.97 Å². The second-order valence-corrected chi connectivity index (χ2v) is 11.3. The highest BCUT2D eigenvalue weighted by Gasteiger charge is 2.46. The summed E-state index contributed by atoms with van der Waals surface area (Å²) in [6, 6.07) is 17.0. The molecule has 194 valence electrons. The summed E-state index contributed by atoms with van der Waals surface area (Å²) < 4.78 is 101. The van der Waals surface area contributed by atoms with E-state index in [2.05, 4.69) is 9.97 Å². The van der Waals surface area contributed by atoms with Crippen molar-refractivity contribution in [3.8, 4) is 11.1 Å². The minimum absolute atomic E-state index is 0.0443. The van der Waals surface area contributed by atoms with Gasteiger partial charge in [-0.05, 0) is 65.6 Å². The van der Waals surface area contributed by atoms with E-state index in [1.54, 1.807) is 41.1 Å². The number of benzene rings is 3.